The average Bonchev–Trinajstić information content (AvgIpc) is 3.13. The van der Waals surface area contributed by atoms with E-state index in [0.717, 1.165) is 34.7 Å². The Labute approximate surface area is 173 Å². The number of benzene rings is 1. The van der Waals surface area contributed by atoms with Crippen LogP contribution in [0, 0.1) is 0 Å². The molecule has 0 saturated carbocycles. The number of halogens is 1. The summed E-state index contributed by atoms with van der Waals surface area (Å²) in [6, 6.07) is 5.66. The molecule has 0 unspecified atom stereocenters. The zero-order chi connectivity index (χ0) is 17.2. The summed E-state index contributed by atoms with van der Waals surface area (Å²) < 4.78 is 11.7. The van der Waals surface area contributed by atoms with E-state index in [-0.39, 0.29) is 24.0 Å². The lowest BCUT2D eigenvalue weighted by Crippen LogP contribution is -2.31. The lowest BCUT2D eigenvalue weighted by atomic mass is 10.3. The Kier molecular flexibility index (Phi) is 10.7. The predicted octanol–water partition coefficient (Wildman–Crippen LogP) is 3.95. The zero-order valence-electron chi connectivity index (χ0n) is 14.4. The molecule has 0 saturated heterocycles. The number of anilines is 1. The number of hydrogen-bond acceptors (Lipinski definition) is 6. The van der Waals surface area contributed by atoms with Gasteiger partial charge < -0.3 is 20.1 Å². The van der Waals surface area contributed by atoms with Gasteiger partial charge in [0.25, 0.3) is 0 Å². The highest BCUT2D eigenvalue weighted by molar-refractivity contribution is 14.0. The molecule has 0 fully saturated rings. The van der Waals surface area contributed by atoms with Crippen LogP contribution in [-0.4, -0.2) is 44.5 Å². The van der Waals surface area contributed by atoms with Crippen molar-refractivity contribution >= 4 is 58.7 Å². The number of nitrogens with one attached hydrogen (secondary N) is 2. The third-order valence-corrected chi connectivity index (χ3v) is 5.17. The van der Waals surface area contributed by atoms with Crippen LogP contribution in [0.15, 0.2) is 39.1 Å². The van der Waals surface area contributed by atoms with Gasteiger partial charge in [0.1, 0.15) is 4.34 Å². The summed E-state index contributed by atoms with van der Waals surface area (Å²) in [5, 5.41) is 8.54. The van der Waals surface area contributed by atoms with Crippen LogP contribution < -0.4 is 20.1 Å². The Morgan fingerprint density at radius 1 is 1.28 bits per heavy atom. The number of thioether (sulfide) groups is 1. The third-order valence-electron chi connectivity index (χ3n) is 3.12. The molecule has 25 heavy (non-hydrogen) atoms. The highest BCUT2D eigenvalue weighted by Gasteiger charge is 2.06. The number of aromatic nitrogens is 1. The van der Waals surface area contributed by atoms with Crippen LogP contribution in [-0.2, 0) is 0 Å². The number of methoxy groups -OCH3 is 2. The van der Waals surface area contributed by atoms with Crippen molar-refractivity contribution in [3.63, 3.8) is 0 Å². The molecule has 2 aromatic rings. The number of aliphatic imine (C=N–C) groups is 1. The molecule has 0 aliphatic carbocycles. The largest absolute Gasteiger partial charge is 0.493 e. The molecule has 1 heterocycles. The van der Waals surface area contributed by atoms with Gasteiger partial charge in [-0.2, -0.15) is 0 Å². The van der Waals surface area contributed by atoms with Gasteiger partial charge in [-0.15, -0.1) is 35.3 Å². The molecule has 6 nitrogen and oxygen atoms in total. The monoisotopic (exact) mass is 494 g/mol. The molecule has 0 spiro atoms. The van der Waals surface area contributed by atoms with Gasteiger partial charge in [-0.1, -0.05) is 11.8 Å². The predicted molar refractivity (Wildman–Crippen MR) is 117 cm³/mol. The van der Waals surface area contributed by atoms with E-state index in [4.69, 9.17) is 9.47 Å². The summed E-state index contributed by atoms with van der Waals surface area (Å²) in [4.78, 5) is 8.49. The van der Waals surface area contributed by atoms with Crippen molar-refractivity contribution in [2.24, 2.45) is 4.99 Å². The van der Waals surface area contributed by atoms with Crippen molar-refractivity contribution in [3.8, 4) is 11.5 Å². The van der Waals surface area contributed by atoms with Gasteiger partial charge in [-0.3, -0.25) is 4.99 Å². The van der Waals surface area contributed by atoms with Crippen LogP contribution in [0.25, 0.3) is 0 Å². The van der Waals surface area contributed by atoms with Crippen molar-refractivity contribution in [1.29, 1.82) is 0 Å². The van der Waals surface area contributed by atoms with Gasteiger partial charge in [-0.25, -0.2) is 4.98 Å². The summed E-state index contributed by atoms with van der Waals surface area (Å²) >= 11 is 3.45. The Bertz CT molecular complexity index is 654. The second-order valence-electron chi connectivity index (χ2n) is 4.69. The minimum atomic E-state index is 0. The topological polar surface area (TPSA) is 67.8 Å². The molecule has 0 aliphatic heterocycles. The van der Waals surface area contributed by atoms with Crippen LogP contribution >= 0.6 is 47.1 Å². The first-order valence-electron chi connectivity index (χ1n) is 7.48. The van der Waals surface area contributed by atoms with Crippen molar-refractivity contribution in [2.75, 3.05) is 38.9 Å². The van der Waals surface area contributed by atoms with Gasteiger partial charge in [0.2, 0.25) is 0 Å². The summed E-state index contributed by atoms with van der Waals surface area (Å²) in [6.45, 7) is 0.839. The maximum Gasteiger partial charge on any atom is 0.195 e. The summed E-state index contributed by atoms with van der Waals surface area (Å²) in [6.07, 6.45) is 2.86. The number of ether oxygens (including phenoxy) is 2. The van der Waals surface area contributed by atoms with Crippen molar-refractivity contribution in [3.05, 3.63) is 29.8 Å². The lowest BCUT2D eigenvalue weighted by Gasteiger charge is -2.14. The first-order valence-corrected chi connectivity index (χ1v) is 9.35. The molecule has 0 aliphatic rings. The highest BCUT2D eigenvalue weighted by atomic mass is 127. The van der Waals surface area contributed by atoms with E-state index < -0.39 is 0 Å². The molecule has 9 heteroatoms. The Morgan fingerprint density at radius 3 is 2.72 bits per heavy atom. The maximum atomic E-state index is 5.31. The van der Waals surface area contributed by atoms with E-state index in [9.17, 15) is 0 Å². The fourth-order valence-electron chi connectivity index (χ4n) is 1.95. The number of rotatable bonds is 8. The smallest absolute Gasteiger partial charge is 0.195 e. The number of nitrogens with zero attached hydrogens (tertiary/aromatic N) is 2. The van der Waals surface area contributed by atoms with Gasteiger partial charge in [-0.05, 0) is 18.6 Å². The van der Waals surface area contributed by atoms with Crippen LogP contribution in [0.5, 0.6) is 11.5 Å². The van der Waals surface area contributed by atoms with Crippen LogP contribution in [0.4, 0.5) is 5.69 Å². The maximum absolute atomic E-state index is 5.31. The van der Waals surface area contributed by atoms with E-state index in [1.165, 1.54) is 0 Å². The van der Waals surface area contributed by atoms with Gasteiger partial charge in [0.15, 0.2) is 17.5 Å². The highest BCUT2D eigenvalue weighted by Crippen LogP contribution is 2.29. The normalized spacial score (nSPS) is 10.8. The molecule has 2 N–H and O–H groups in total. The van der Waals surface area contributed by atoms with Crippen molar-refractivity contribution in [1.82, 2.24) is 10.3 Å². The number of thiazole rings is 1. The first kappa shape index (κ1) is 21.8. The lowest BCUT2D eigenvalue weighted by molar-refractivity contribution is 0.355. The quantitative estimate of drug-likeness (QED) is 0.191. The van der Waals surface area contributed by atoms with Crippen molar-refractivity contribution < 1.29 is 9.47 Å². The summed E-state index contributed by atoms with van der Waals surface area (Å²) in [7, 11) is 4.99. The van der Waals surface area contributed by atoms with E-state index in [1.54, 1.807) is 44.4 Å². The minimum absolute atomic E-state index is 0. The standard InChI is InChI=1S/C16H22N4O2S2.HI/c1-17-15(18-7-4-9-23-16-19-8-10-24-16)20-12-5-6-13(21-2)14(11-12)22-3;/h5-6,8,10-11H,4,7,9H2,1-3H3,(H2,17,18,20);1H. The summed E-state index contributed by atoms with van der Waals surface area (Å²) in [5.74, 6) is 3.12. The Hall–Kier alpha value is -1.20. The molecular formula is C16H23IN4O2S2. The van der Waals surface area contributed by atoms with Gasteiger partial charge in [0, 0.05) is 42.7 Å². The minimum Gasteiger partial charge on any atom is -0.493 e. The summed E-state index contributed by atoms with van der Waals surface area (Å²) in [5.41, 5.74) is 0.887. The number of hydrogen-bond donors (Lipinski definition) is 2. The van der Waals surface area contributed by atoms with Crippen LogP contribution in [0.2, 0.25) is 0 Å². The van der Waals surface area contributed by atoms with Crippen molar-refractivity contribution in [2.45, 2.75) is 10.8 Å². The molecule has 138 valence electrons. The first-order chi connectivity index (χ1) is 11.8. The fourth-order valence-corrected chi connectivity index (χ4v) is 3.60. The Morgan fingerprint density at radius 2 is 2.08 bits per heavy atom. The molecule has 1 aromatic carbocycles. The molecule has 1 aromatic heterocycles. The van der Waals surface area contributed by atoms with Crippen LogP contribution in [0.3, 0.4) is 0 Å². The zero-order valence-corrected chi connectivity index (χ0v) is 18.4. The molecule has 0 bridgehead atoms. The van der Waals surface area contributed by atoms with E-state index in [2.05, 4.69) is 20.6 Å². The number of guanidine groups is 1. The second kappa shape index (κ2) is 12.2. The Balaban J connectivity index is 0.00000312. The fraction of sp³-hybridized carbons (Fsp3) is 0.375. The molecule has 0 radical (unpaired) electrons. The SMILES string of the molecule is CN=C(NCCCSc1nccs1)Nc1ccc(OC)c(OC)c1.I. The molecule has 0 amide bonds. The molecular weight excluding hydrogens is 471 g/mol. The van der Waals surface area contributed by atoms with Crippen LogP contribution in [0.1, 0.15) is 6.42 Å². The average molecular weight is 494 g/mol. The second-order valence-corrected chi connectivity index (χ2v) is 6.93. The van der Waals surface area contributed by atoms with E-state index in [0.29, 0.717) is 11.5 Å². The van der Waals surface area contributed by atoms with Gasteiger partial charge >= 0.3 is 0 Å². The van der Waals surface area contributed by atoms with E-state index in [1.807, 2.05) is 29.8 Å². The van der Waals surface area contributed by atoms with E-state index >= 15 is 0 Å². The third kappa shape index (κ3) is 7.28. The van der Waals surface area contributed by atoms with Gasteiger partial charge in [0.05, 0.1) is 14.2 Å². The molecule has 0 atom stereocenters. The molecule has 2 rings (SSSR count).